The zero-order valence-corrected chi connectivity index (χ0v) is 16.4. The fourth-order valence-corrected chi connectivity index (χ4v) is 3.08. The van der Waals surface area contributed by atoms with E-state index in [4.69, 9.17) is 0 Å². The number of carbonyl (C=O) groups excluding carboxylic acids is 1. The van der Waals surface area contributed by atoms with Gasteiger partial charge in [-0.1, -0.05) is 60.7 Å². The summed E-state index contributed by atoms with van der Waals surface area (Å²) in [7, 11) is 0. The highest BCUT2D eigenvalue weighted by atomic mass is 19.1. The van der Waals surface area contributed by atoms with Crippen LogP contribution in [0.1, 0.15) is 5.56 Å². The molecule has 0 bridgehead atoms. The summed E-state index contributed by atoms with van der Waals surface area (Å²) in [5, 5.41) is 16.7. The molecule has 0 saturated heterocycles. The molecule has 0 fully saturated rings. The Labute approximate surface area is 178 Å². The second-order valence-electron chi connectivity index (χ2n) is 6.68. The maximum atomic E-state index is 13.9. The van der Waals surface area contributed by atoms with Crippen LogP contribution in [0.4, 0.5) is 10.1 Å². The van der Waals surface area contributed by atoms with Crippen molar-refractivity contribution < 1.29 is 9.18 Å². The van der Waals surface area contributed by atoms with Crippen molar-refractivity contribution in [3.8, 4) is 23.0 Å². The van der Waals surface area contributed by atoms with Crippen molar-refractivity contribution in [3.05, 3.63) is 108 Å². The Morgan fingerprint density at radius 3 is 2.29 bits per heavy atom. The lowest BCUT2D eigenvalue weighted by Gasteiger charge is -2.05. The number of amides is 1. The van der Waals surface area contributed by atoms with Crippen molar-refractivity contribution in [2.75, 3.05) is 5.32 Å². The number of anilines is 1. The van der Waals surface area contributed by atoms with Gasteiger partial charge in [0.1, 0.15) is 17.5 Å². The minimum absolute atomic E-state index is 0.0110. The van der Waals surface area contributed by atoms with Crippen LogP contribution in [0.5, 0.6) is 0 Å². The van der Waals surface area contributed by atoms with Crippen LogP contribution in [0.25, 0.3) is 23.0 Å². The zero-order chi connectivity index (χ0) is 21.6. The predicted molar refractivity (Wildman–Crippen MR) is 118 cm³/mol. The van der Waals surface area contributed by atoms with Gasteiger partial charge in [-0.2, -0.15) is 10.4 Å². The van der Waals surface area contributed by atoms with Gasteiger partial charge >= 0.3 is 0 Å². The number of hydrogen-bond acceptors (Lipinski definition) is 3. The highest BCUT2D eigenvalue weighted by molar-refractivity contribution is 6.10. The largest absolute Gasteiger partial charge is 0.319 e. The monoisotopic (exact) mass is 408 g/mol. The van der Waals surface area contributed by atoms with Crippen molar-refractivity contribution >= 4 is 17.7 Å². The lowest BCUT2D eigenvalue weighted by atomic mass is 10.1. The molecule has 1 N–H and O–H groups in total. The fourth-order valence-electron chi connectivity index (χ4n) is 3.08. The number of halogens is 1. The van der Waals surface area contributed by atoms with Crippen molar-refractivity contribution in [1.82, 2.24) is 9.78 Å². The summed E-state index contributed by atoms with van der Waals surface area (Å²) in [5.74, 6) is -1.27. The number of hydrogen-bond donors (Lipinski definition) is 1. The van der Waals surface area contributed by atoms with Gasteiger partial charge < -0.3 is 5.32 Å². The average Bonchev–Trinajstić information content (AvgIpc) is 3.24. The molecular formula is C25H17FN4O. The van der Waals surface area contributed by atoms with Gasteiger partial charge in [0.15, 0.2) is 0 Å². The molecule has 1 aromatic heterocycles. The smallest absolute Gasteiger partial charge is 0.266 e. The highest BCUT2D eigenvalue weighted by Crippen LogP contribution is 2.26. The molecule has 1 heterocycles. The Morgan fingerprint density at radius 1 is 0.968 bits per heavy atom. The summed E-state index contributed by atoms with van der Waals surface area (Å²) < 4.78 is 15.6. The molecule has 0 spiro atoms. The Bertz CT molecular complexity index is 1290. The quantitative estimate of drug-likeness (QED) is 0.363. The van der Waals surface area contributed by atoms with E-state index in [2.05, 4.69) is 10.4 Å². The number of nitrogens with one attached hydrogen (secondary N) is 1. The van der Waals surface area contributed by atoms with Crippen LogP contribution in [-0.2, 0) is 4.79 Å². The van der Waals surface area contributed by atoms with Gasteiger partial charge in [0.25, 0.3) is 5.91 Å². The maximum absolute atomic E-state index is 13.9. The summed E-state index contributed by atoms with van der Waals surface area (Å²) in [4.78, 5) is 12.6. The molecule has 1 amide bonds. The van der Waals surface area contributed by atoms with Gasteiger partial charge in [-0.15, -0.1) is 0 Å². The van der Waals surface area contributed by atoms with Gasteiger partial charge in [-0.3, -0.25) is 4.79 Å². The van der Waals surface area contributed by atoms with E-state index in [-0.39, 0.29) is 11.3 Å². The lowest BCUT2D eigenvalue weighted by Crippen LogP contribution is -2.14. The molecular weight excluding hydrogens is 391 g/mol. The number of nitrogens with zero attached hydrogens (tertiary/aromatic N) is 3. The molecule has 0 radical (unpaired) electrons. The first-order valence-corrected chi connectivity index (χ1v) is 9.54. The van der Waals surface area contributed by atoms with Gasteiger partial charge in [-0.25, -0.2) is 9.07 Å². The van der Waals surface area contributed by atoms with Gasteiger partial charge in [0, 0.05) is 17.3 Å². The number of aromatic nitrogens is 2. The molecule has 4 aromatic rings. The molecule has 4 rings (SSSR count). The van der Waals surface area contributed by atoms with E-state index in [1.165, 1.54) is 24.3 Å². The molecule has 150 valence electrons. The molecule has 0 unspecified atom stereocenters. The first kappa shape index (κ1) is 19.8. The summed E-state index contributed by atoms with van der Waals surface area (Å²) in [6.07, 6.45) is 3.22. The van der Waals surface area contributed by atoms with Gasteiger partial charge in [0.2, 0.25) is 0 Å². The third-order valence-electron chi connectivity index (χ3n) is 4.60. The number of benzene rings is 3. The van der Waals surface area contributed by atoms with Crippen LogP contribution in [0.3, 0.4) is 0 Å². The van der Waals surface area contributed by atoms with Crippen LogP contribution in [-0.4, -0.2) is 15.7 Å². The van der Waals surface area contributed by atoms with Crippen LogP contribution in [0, 0.1) is 17.1 Å². The molecule has 6 heteroatoms. The van der Waals surface area contributed by atoms with E-state index in [0.717, 1.165) is 11.3 Å². The van der Waals surface area contributed by atoms with E-state index in [1.54, 1.807) is 16.9 Å². The second kappa shape index (κ2) is 8.89. The summed E-state index contributed by atoms with van der Waals surface area (Å²) in [5.41, 5.74) is 2.75. The Kier molecular flexibility index (Phi) is 5.68. The molecule has 0 aliphatic rings. The number of carbonyl (C=O) groups is 1. The average molecular weight is 408 g/mol. The first-order chi connectivity index (χ1) is 15.2. The van der Waals surface area contributed by atoms with Crippen LogP contribution < -0.4 is 5.32 Å². The molecule has 31 heavy (non-hydrogen) atoms. The second-order valence-corrected chi connectivity index (χ2v) is 6.68. The van der Waals surface area contributed by atoms with E-state index < -0.39 is 11.7 Å². The molecule has 3 aromatic carbocycles. The number of para-hydroxylation sites is 2. The summed E-state index contributed by atoms with van der Waals surface area (Å²) in [6.45, 7) is 0. The Hall–Kier alpha value is -4.50. The third kappa shape index (κ3) is 4.41. The molecule has 0 saturated carbocycles. The van der Waals surface area contributed by atoms with E-state index >= 15 is 0 Å². The molecule has 0 atom stereocenters. The lowest BCUT2D eigenvalue weighted by molar-refractivity contribution is -0.112. The fraction of sp³-hybridized carbons (Fsp3) is 0. The van der Waals surface area contributed by atoms with Crippen molar-refractivity contribution in [2.24, 2.45) is 0 Å². The summed E-state index contributed by atoms with van der Waals surface area (Å²) >= 11 is 0. The molecule has 0 aliphatic heterocycles. The first-order valence-electron chi connectivity index (χ1n) is 9.54. The number of nitriles is 1. The minimum atomic E-state index is -0.695. The topological polar surface area (TPSA) is 70.7 Å². The van der Waals surface area contributed by atoms with Gasteiger partial charge in [0.05, 0.1) is 17.1 Å². The standard InChI is InChI=1S/C25H17FN4O/c26-22-13-7-8-14-23(22)28-25(31)19(16-27)15-20-17-30(21-11-5-2-6-12-21)29-24(20)18-9-3-1-4-10-18/h1-15,17H,(H,28,31)/b19-15+. The van der Waals surface area contributed by atoms with Crippen LogP contribution in [0.15, 0.2) is 96.7 Å². The third-order valence-corrected chi connectivity index (χ3v) is 4.60. The summed E-state index contributed by atoms with van der Waals surface area (Å²) in [6, 6.07) is 26.7. The Morgan fingerprint density at radius 2 is 1.61 bits per heavy atom. The minimum Gasteiger partial charge on any atom is -0.319 e. The van der Waals surface area contributed by atoms with Crippen LogP contribution >= 0.6 is 0 Å². The van der Waals surface area contributed by atoms with Crippen molar-refractivity contribution in [1.29, 1.82) is 5.26 Å². The SMILES string of the molecule is N#C/C(=C\c1cn(-c2ccccc2)nc1-c1ccccc1)C(=O)Nc1ccccc1F. The van der Waals surface area contributed by atoms with Crippen LogP contribution in [0.2, 0.25) is 0 Å². The van der Waals surface area contributed by atoms with E-state index in [0.29, 0.717) is 11.3 Å². The van der Waals surface area contributed by atoms with E-state index in [1.807, 2.05) is 66.7 Å². The maximum Gasteiger partial charge on any atom is 0.266 e. The predicted octanol–water partition coefficient (Wildman–Crippen LogP) is 5.22. The number of rotatable bonds is 5. The zero-order valence-electron chi connectivity index (χ0n) is 16.4. The van der Waals surface area contributed by atoms with E-state index in [9.17, 15) is 14.4 Å². The van der Waals surface area contributed by atoms with Gasteiger partial charge in [-0.05, 0) is 30.3 Å². The molecule has 5 nitrogen and oxygen atoms in total. The Balaban J connectivity index is 1.75. The highest BCUT2D eigenvalue weighted by Gasteiger charge is 2.16. The normalized spacial score (nSPS) is 11.0. The van der Waals surface area contributed by atoms with Crippen molar-refractivity contribution in [2.45, 2.75) is 0 Å². The molecule has 0 aliphatic carbocycles. The van der Waals surface area contributed by atoms with Crippen molar-refractivity contribution in [3.63, 3.8) is 0 Å².